The molecule has 0 bridgehead atoms. The van der Waals surface area contributed by atoms with Crippen molar-refractivity contribution >= 4 is 16.9 Å². The maximum absolute atomic E-state index is 12.3. The summed E-state index contributed by atoms with van der Waals surface area (Å²) in [4.78, 5) is 20.4. The number of anilines is 1. The number of aryl methyl sites for hydroxylation is 1. The molecule has 2 N–H and O–H groups in total. The highest BCUT2D eigenvalue weighted by atomic mass is 16.1. The van der Waals surface area contributed by atoms with Crippen LogP contribution < -0.4 is 11.3 Å². The van der Waals surface area contributed by atoms with Gasteiger partial charge in [0.1, 0.15) is 17.5 Å². The maximum Gasteiger partial charge on any atom is 0.264 e. The molecule has 7 heteroatoms. The van der Waals surface area contributed by atoms with Gasteiger partial charge in [-0.25, -0.2) is 9.97 Å². The smallest absolute Gasteiger partial charge is 0.264 e. The Bertz CT molecular complexity index is 803. The molecule has 0 fully saturated rings. The third-order valence-electron chi connectivity index (χ3n) is 2.92. The molecule has 0 spiro atoms. The van der Waals surface area contributed by atoms with Crippen molar-refractivity contribution in [3.05, 3.63) is 46.8 Å². The molecule has 0 aliphatic rings. The first kappa shape index (κ1) is 11.4. The number of nitrogens with zero attached hydrogens (tertiary/aromatic N) is 5. The van der Waals surface area contributed by atoms with Crippen molar-refractivity contribution in [3.63, 3.8) is 0 Å². The lowest BCUT2D eigenvalue weighted by Gasteiger charge is -2.05. The van der Waals surface area contributed by atoms with Crippen molar-refractivity contribution < 1.29 is 0 Å². The number of hydrogen-bond acceptors (Lipinski definition) is 5. The van der Waals surface area contributed by atoms with Crippen LogP contribution in [0.25, 0.3) is 11.0 Å². The zero-order chi connectivity index (χ0) is 13.4. The third kappa shape index (κ3) is 1.95. The Morgan fingerprint density at radius 2 is 2.21 bits per heavy atom. The van der Waals surface area contributed by atoms with E-state index in [0.29, 0.717) is 23.4 Å². The Balaban J connectivity index is 2.06. The van der Waals surface area contributed by atoms with Gasteiger partial charge in [0.25, 0.3) is 5.56 Å². The number of aromatic nitrogens is 5. The predicted octanol–water partition coefficient (Wildman–Crippen LogP) is 0.155. The average Bonchev–Trinajstić information content (AvgIpc) is 2.76. The predicted molar refractivity (Wildman–Crippen MR) is 70.5 cm³/mol. The number of nitrogen functional groups attached to an aromatic ring is 1. The molecule has 3 aromatic rings. The van der Waals surface area contributed by atoms with Crippen LogP contribution >= 0.6 is 0 Å². The summed E-state index contributed by atoms with van der Waals surface area (Å²) >= 11 is 0. The van der Waals surface area contributed by atoms with E-state index < -0.39 is 0 Å². The van der Waals surface area contributed by atoms with Gasteiger partial charge in [-0.05, 0) is 17.7 Å². The number of pyridine rings is 1. The van der Waals surface area contributed by atoms with Crippen molar-refractivity contribution in [2.75, 3.05) is 5.73 Å². The van der Waals surface area contributed by atoms with Crippen LogP contribution in [0.3, 0.4) is 0 Å². The second kappa shape index (κ2) is 4.20. The van der Waals surface area contributed by atoms with Crippen LogP contribution in [0.1, 0.15) is 5.56 Å². The Morgan fingerprint density at radius 3 is 3.00 bits per heavy atom. The van der Waals surface area contributed by atoms with Gasteiger partial charge in [-0.2, -0.15) is 5.10 Å². The van der Waals surface area contributed by atoms with Crippen LogP contribution in [0.2, 0.25) is 0 Å². The van der Waals surface area contributed by atoms with Gasteiger partial charge in [0, 0.05) is 13.2 Å². The number of hydrogen-bond donors (Lipinski definition) is 1. The minimum absolute atomic E-state index is 0.117. The van der Waals surface area contributed by atoms with Crippen molar-refractivity contribution in [1.29, 1.82) is 0 Å². The molecule has 3 rings (SSSR count). The number of fused-ring (bicyclic) bond motifs is 1. The van der Waals surface area contributed by atoms with Crippen LogP contribution in [0.15, 0.2) is 35.6 Å². The first-order valence-electron chi connectivity index (χ1n) is 5.73. The van der Waals surface area contributed by atoms with E-state index in [-0.39, 0.29) is 5.56 Å². The first-order valence-corrected chi connectivity index (χ1v) is 5.73. The Kier molecular flexibility index (Phi) is 2.52. The summed E-state index contributed by atoms with van der Waals surface area (Å²) < 4.78 is 3.10. The lowest BCUT2D eigenvalue weighted by atomic mass is 10.2. The molecule has 0 unspecified atom stereocenters. The van der Waals surface area contributed by atoms with Gasteiger partial charge in [0.15, 0.2) is 5.65 Å². The fourth-order valence-corrected chi connectivity index (χ4v) is 1.97. The maximum atomic E-state index is 12.3. The Hall–Kier alpha value is -2.70. The third-order valence-corrected chi connectivity index (χ3v) is 2.92. The Labute approximate surface area is 108 Å². The van der Waals surface area contributed by atoms with Gasteiger partial charge in [-0.15, -0.1) is 0 Å². The molecule has 0 aliphatic carbocycles. The normalized spacial score (nSPS) is 11.0. The summed E-state index contributed by atoms with van der Waals surface area (Å²) in [5.74, 6) is 0.431. The fourth-order valence-electron chi connectivity index (χ4n) is 1.97. The summed E-state index contributed by atoms with van der Waals surface area (Å²) in [6, 6.07) is 3.55. The molecular weight excluding hydrogens is 244 g/mol. The molecule has 0 aromatic carbocycles. The quantitative estimate of drug-likeness (QED) is 0.705. The molecule has 0 saturated carbocycles. The Morgan fingerprint density at radius 1 is 1.37 bits per heavy atom. The number of nitrogens with two attached hydrogens (primary N) is 1. The van der Waals surface area contributed by atoms with Crippen molar-refractivity contribution in [2.24, 2.45) is 7.05 Å². The van der Waals surface area contributed by atoms with E-state index in [9.17, 15) is 4.79 Å². The molecular formula is C12H12N6O. The highest BCUT2D eigenvalue weighted by Crippen LogP contribution is 2.07. The van der Waals surface area contributed by atoms with Gasteiger partial charge in [0.2, 0.25) is 0 Å². The molecule has 0 amide bonds. The van der Waals surface area contributed by atoms with E-state index in [0.717, 1.165) is 5.56 Å². The summed E-state index contributed by atoms with van der Waals surface area (Å²) in [6.45, 7) is 0.406. The van der Waals surface area contributed by atoms with Gasteiger partial charge in [-0.1, -0.05) is 0 Å². The number of rotatable bonds is 2. The monoisotopic (exact) mass is 256 g/mol. The molecule has 0 atom stereocenters. The van der Waals surface area contributed by atoms with Crippen LogP contribution in [0.4, 0.5) is 5.82 Å². The zero-order valence-corrected chi connectivity index (χ0v) is 10.3. The van der Waals surface area contributed by atoms with Gasteiger partial charge in [0.05, 0.1) is 12.7 Å². The van der Waals surface area contributed by atoms with Crippen LogP contribution in [0, 0.1) is 0 Å². The van der Waals surface area contributed by atoms with Crippen molar-refractivity contribution in [1.82, 2.24) is 24.3 Å². The second-order valence-corrected chi connectivity index (χ2v) is 4.27. The molecule has 0 saturated heterocycles. The second-order valence-electron chi connectivity index (χ2n) is 4.27. The van der Waals surface area contributed by atoms with Gasteiger partial charge < -0.3 is 5.73 Å². The van der Waals surface area contributed by atoms with E-state index in [4.69, 9.17) is 5.73 Å². The summed E-state index contributed by atoms with van der Waals surface area (Å²) in [5, 5.41) is 4.54. The van der Waals surface area contributed by atoms with Crippen LogP contribution in [-0.4, -0.2) is 24.3 Å². The van der Waals surface area contributed by atoms with Crippen LogP contribution in [-0.2, 0) is 13.6 Å². The van der Waals surface area contributed by atoms with E-state index in [2.05, 4.69) is 15.1 Å². The van der Waals surface area contributed by atoms with Crippen molar-refractivity contribution in [2.45, 2.75) is 6.54 Å². The first-order chi connectivity index (χ1) is 9.15. The standard InChI is InChI=1S/C12H12N6O/c1-17-11-9(5-16-17)12(19)18(7-15-11)6-8-2-3-14-10(13)4-8/h2-5,7H,6H2,1H3,(H2,13,14). The van der Waals surface area contributed by atoms with Gasteiger partial charge >= 0.3 is 0 Å². The molecule has 0 aliphatic heterocycles. The lowest BCUT2D eigenvalue weighted by Crippen LogP contribution is -2.21. The average molecular weight is 256 g/mol. The minimum atomic E-state index is -0.117. The van der Waals surface area contributed by atoms with E-state index in [1.807, 2.05) is 6.07 Å². The highest BCUT2D eigenvalue weighted by Gasteiger charge is 2.08. The largest absolute Gasteiger partial charge is 0.384 e. The lowest BCUT2D eigenvalue weighted by molar-refractivity contribution is 0.737. The minimum Gasteiger partial charge on any atom is -0.384 e. The van der Waals surface area contributed by atoms with Crippen LogP contribution in [0.5, 0.6) is 0 Å². The SMILES string of the molecule is Cn1ncc2c(=O)n(Cc3ccnc(N)c3)cnc21. The van der Waals surface area contributed by atoms with Crippen molar-refractivity contribution in [3.8, 4) is 0 Å². The molecule has 7 nitrogen and oxygen atoms in total. The van der Waals surface area contributed by atoms with E-state index in [1.165, 1.54) is 17.1 Å². The summed E-state index contributed by atoms with van der Waals surface area (Å²) in [6.07, 6.45) is 4.66. The fraction of sp³-hybridized carbons (Fsp3) is 0.167. The summed E-state index contributed by atoms with van der Waals surface area (Å²) in [5.41, 5.74) is 6.98. The zero-order valence-electron chi connectivity index (χ0n) is 10.3. The summed E-state index contributed by atoms with van der Waals surface area (Å²) in [7, 11) is 1.75. The van der Waals surface area contributed by atoms with Gasteiger partial charge in [-0.3, -0.25) is 14.0 Å². The topological polar surface area (TPSA) is 91.6 Å². The molecule has 3 aromatic heterocycles. The molecule has 19 heavy (non-hydrogen) atoms. The molecule has 3 heterocycles. The highest BCUT2D eigenvalue weighted by molar-refractivity contribution is 5.72. The molecule has 0 radical (unpaired) electrons. The van der Waals surface area contributed by atoms with E-state index in [1.54, 1.807) is 24.0 Å². The molecule has 96 valence electrons. The van der Waals surface area contributed by atoms with E-state index >= 15 is 0 Å².